The fraction of sp³-hybridized carbons (Fsp3) is 0.333. The average molecular weight is 356 g/mol. The summed E-state index contributed by atoms with van der Waals surface area (Å²) in [5.41, 5.74) is 2.96. The van der Waals surface area contributed by atoms with Crippen LogP contribution in [0.4, 0.5) is 5.13 Å². The van der Waals surface area contributed by atoms with Gasteiger partial charge in [0.25, 0.3) is 0 Å². The molecule has 1 aromatic carbocycles. The molecule has 0 unspecified atom stereocenters. The lowest BCUT2D eigenvalue weighted by Crippen LogP contribution is -2.42. The van der Waals surface area contributed by atoms with Gasteiger partial charge in [-0.2, -0.15) is 0 Å². The Morgan fingerprint density at radius 3 is 3.20 bits per heavy atom. The highest BCUT2D eigenvalue weighted by Crippen LogP contribution is 2.30. The molecule has 0 spiro atoms. The van der Waals surface area contributed by atoms with Crippen LogP contribution in [0.25, 0.3) is 22.2 Å². The van der Waals surface area contributed by atoms with E-state index >= 15 is 0 Å². The van der Waals surface area contributed by atoms with Crippen molar-refractivity contribution in [2.45, 2.75) is 18.9 Å². The van der Waals surface area contributed by atoms with Crippen molar-refractivity contribution in [3.05, 3.63) is 35.8 Å². The summed E-state index contributed by atoms with van der Waals surface area (Å²) in [5.74, 6) is -0.0890. The number of thiazole rings is 1. The van der Waals surface area contributed by atoms with E-state index in [0.717, 1.165) is 41.5 Å². The van der Waals surface area contributed by atoms with Crippen LogP contribution in [-0.2, 0) is 4.79 Å². The molecule has 3 heterocycles. The number of H-pyrrole nitrogens is 1. The quantitative estimate of drug-likeness (QED) is 0.671. The van der Waals surface area contributed by atoms with Gasteiger partial charge in [0.2, 0.25) is 5.91 Å². The van der Waals surface area contributed by atoms with E-state index in [1.165, 1.54) is 11.3 Å². The number of aliphatic hydroxyl groups is 1. The van der Waals surface area contributed by atoms with Crippen LogP contribution in [0.15, 0.2) is 35.8 Å². The number of carbonyl (C=O) groups is 1. The van der Waals surface area contributed by atoms with Gasteiger partial charge >= 0.3 is 0 Å². The lowest BCUT2D eigenvalue weighted by Gasteiger charge is -2.29. The number of benzene rings is 1. The Morgan fingerprint density at radius 1 is 1.44 bits per heavy atom. The summed E-state index contributed by atoms with van der Waals surface area (Å²) in [6, 6.07) is 8.08. The molecule has 7 heteroatoms. The monoisotopic (exact) mass is 356 g/mol. The maximum atomic E-state index is 12.2. The van der Waals surface area contributed by atoms with Gasteiger partial charge in [-0.15, -0.1) is 11.3 Å². The molecule has 1 aliphatic heterocycles. The summed E-state index contributed by atoms with van der Waals surface area (Å²) >= 11 is 1.42. The van der Waals surface area contributed by atoms with Gasteiger partial charge < -0.3 is 15.4 Å². The Balaban J connectivity index is 1.43. The van der Waals surface area contributed by atoms with Crippen LogP contribution in [0.5, 0.6) is 0 Å². The molecule has 1 saturated heterocycles. The number of para-hydroxylation sites is 1. The Labute approximate surface area is 149 Å². The second-order valence-corrected chi connectivity index (χ2v) is 7.22. The first-order chi connectivity index (χ1) is 12.2. The van der Waals surface area contributed by atoms with E-state index in [0.29, 0.717) is 18.2 Å². The van der Waals surface area contributed by atoms with Gasteiger partial charge in [-0.25, -0.2) is 4.98 Å². The van der Waals surface area contributed by atoms with Gasteiger partial charge in [0.15, 0.2) is 5.13 Å². The van der Waals surface area contributed by atoms with Crippen molar-refractivity contribution in [3.63, 3.8) is 0 Å². The molecule has 130 valence electrons. The van der Waals surface area contributed by atoms with Crippen LogP contribution in [0, 0.1) is 0 Å². The lowest BCUT2D eigenvalue weighted by molar-refractivity contribution is -0.118. The number of piperidine rings is 1. The molecule has 0 saturated carbocycles. The molecule has 1 fully saturated rings. The number of aliphatic hydroxyl groups excluding tert-OH is 1. The van der Waals surface area contributed by atoms with Crippen LogP contribution in [0.2, 0.25) is 0 Å². The van der Waals surface area contributed by atoms with E-state index in [1.54, 1.807) is 0 Å². The van der Waals surface area contributed by atoms with E-state index in [2.05, 4.69) is 21.4 Å². The Morgan fingerprint density at radius 2 is 2.32 bits per heavy atom. The van der Waals surface area contributed by atoms with Crippen molar-refractivity contribution >= 4 is 33.3 Å². The van der Waals surface area contributed by atoms with Gasteiger partial charge in [-0.1, -0.05) is 18.2 Å². The molecule has 0 radical (unpaired) electrons. The molecule has 2 aromatic heterocycles. The minimum Gasteiger partial charge on any atom is -0.392 e. The topological polar surface area (TPSA) is 81.2 Å². The predicted molar refractivity (Wildman–Crippen MR) is 99.7 cm³/mol. The third-order valence-electron chi connectivity index (χ3n) is 4.46. The number of fused-ring (bicyclic) bond motifs is 1. The van der Waals surface area contributed by atoms with Crippen molar-refractivity contribution in [3.8, 4) is 11.3 Å². The average Bonchev–Trinajstić information content (AvgIpc) is 3.21. The van der Waals surface area contributed by atoms with Crippen LogP contribution in [0.3, 0.4) is 0 Å². The van der Waals surface area contributed by atoms with E-state index in [9.17, 15) is 9.90 Å². The summed E-state index contributed by atoms with van der Waals surface area (Å²) in [4.78, 5) is 22.0. The number of rotatable bonds is 4. The summed E-state index contributed by atoms with van der Waals surface area (Å²) in [7, 11) is 0. The fourth-order valence-electron chi connectivity index (χ4n) is 3.27. The number of likely N-dealkylation sites (tertiary alicyclic amines) is 1. The van der Waals surface area contributed by atoms with Gasteiger partial charge in [-0.3, -0.25) is 9.69 Å². The Kier molecular flexibility index (Phi) is 4.52. The minimum atomic E-state index is -0.324. The number of nitrogens with one attached hydrogen (secondary N) is 2. The fourth-order valence-corrected chi connectivity index (χ4v) is 4.00. The van der Waals surface area contributed by atoms with E-state index < -0.39 is 0 Å². The zero-order valence-corrected chi connectivity index (χ0v) is 14.6. The number of amides is 1. The molecule has 6 nitrogen and oxygen atoms in total. The molecule has 1 aliphatic rings. The molecule has 0 bridgehead atoms. The Hall–Kier alpha value is -2.22. The molecule has 0 aliphatic carbocycles. The standard InChI is InChI=1S/C18H20N4O2S/c23-12-4-3-7-22(9-12)10-17(24)21-18-20-16(11-25-18)14-8-19-15-6-2-1-5-13(14)15/h1-2,5-6,8,11-12,19,23H,3-4,7,9-10H2,(H,20,21,24)/t12-/m1/s1. The highest BCUT2D eigenvalue weighted by molar-refractivity contribution is 7.14. The summed E-state index contributed by atoms with van der Waals surface area (Å²) < 4.78 is 0. The van der Waals surface area contributed by atoms with Gasteiger partial charge in [0, 0.05) is 34.6 Å². The molecule has 3 aromatic rings. The largest absolute Gasteiger partial charge is 0.392 e. The van der Waals surface area contributed by atoms with E-state index in [4.69, 9.17) is 0 Å². The minimum absolute atomic E-state index is 0.0890. The van der Waals surface area contributed by atoms with Crippen molar-refractivity contribution in [2.75, 3.05) is 25.0 Å². The number of β-amino-alcohol motifs (C(OH)–C–C–N with tert-alkyl or cyclic N) is 1. The molecule has 1 amide bonds. The van der Waals surface area contributed by atoms with Crippen molar-refractivity contribution in [1.29, 1.82) is 0 Å². The van der Waals surface area contributed by atoms with Crippen LogP contribution < -0.4 is 5.32 Å². The number of hydrogen-bond acceptors (Lipinski definition) is 5. The maximum Gasteiger partial charge on any atom is 0.240 e. The predicted octanol–water partition coefficient (Wildman–Crippen LogP) is 2.69. The molecule has 4 rings (SSSR count). The van der Waals surface area contributed by atoms with E-state index in [1.807, 2.05) is 34.7 Å². The normalized spacial score (nSPS) is 18.5. The van der Waals surface area contributed by atoms with Gasteiger partial charge in [0.1, 0.15) is 0 Å². The summed E-state index contributed by atoms with van der Waals surface area (Å²) in [5, 5.41) is 16.2. The molecule has 25 heavy (non-hydrogen) atoms. The van der Waals surface area contributed by atoms with Crippen molar-refractivity contribution in [2.24, 2.45) is 0 Å². The number of aromatic amines is 1. The lowest BCUT2D eigenvalue weighted by atomic mass is 10.1. The second-order valence-electron chi connectivity index (χ2n) is 6.37. The zero-order chi connectivity index (χ0) is 17.2. The highest BCUT2D eigenvalue weighted by Gasteiger charge is 2.20. The molecule has 3 N–H and O–H groups in total. The number of nitrogens with zero attached hydrogens (tertiary/aromatic N) is 2. The molecule has 1 atom stereocenters. The second kappa shape index (κ2) is 6.95. The highest BCUT2D eigenvalue weighted by atomic mass is 32.1. The van der Waals surface area contributed by atoms with Crippen molar-refractivity contribution < 1.29 is 9.90 Å². The van der Waals surface area contributed by atoms with Gasteiger partial charge in [0.05, 0.1) is 18.3 Å². The smallest absolute Gasteiger partial charge is 0.240 e. The first-order valence-electron chi connectivity index (χ1n) is 8.41. The van der Waals surface area contributed by atoms with E-state index in [-0.39, 0.29) is 12.0 Å². The third kappa shape index (κ3) is 3.58. The molecular formula is C18H20N4O2S. The first kappa shape index (κ1) is 16.3. The maximum absolute atomic E-state index is 12.2. The third-order valence-corrected chi connectivity index (χ3v) is 5.22. The number of aromatic nitrogens is 2. The SMILES string of the molecule is O=C(CN1CCC[C@@H](O)C1)Nc1nc(-c2c[nH]c3ccccc23)cs1. The number of hydrogen-bond donors (Lipinski definition) is 3. The van der Waals surface area contributed by atoms with Crippen LogP contribution >= 0.6 is 11.3 Å². The summed E-state index contributed by atoms with van der Waals surface area (Å²) in [6.07, 6.45) is 3.37. The van der Waals surface area contributed by atoms with Gasteiger partial charge in [-0.05, 0) is 25.5 Å². The van der Waals surface area contributed by atoms with Crippen LogP contribution in [-0.4, -0.2) is 51.6 Å². The number of carbonyl (C=O) groups excluding carboxylic acids is 1. The number of anilines is 1. The first-order valence-corrected chi connectivity index (χ1v) is 9.29. The zero-order valence-electron chi connectivity index (χ0n) is 13.7. The molecular weight excluding hydrogens is 336 g/mol. The summed E-state index contributed by atoms with van der Waals surface area (Å²) in [6.45, 7) is 1.70. The van der Waals surface area contributed by atoms with Crippen LogP contribution in [0.1, 0.15) is 12.8 Å². The van der Waals surface area contributed by atoms with Crippen molar-refractivity contribution in [1.82, 2.24) is 14.9 Å². The Bertz CT molecular complexity index is 888.